The first kappa shape index (κ1) is 24.0. The van der Waals surface area contributed by atoms with Crippen LogP contribution in [0.5, 0.6) is 0 Å². The van der Waals surface area contributed by atoms with Crippen molar-refractivity contribution in [2.45, 2.75) is 45.3 Å². The monoisotopic (exact) mass is 433 g/mol. The zero-order valence-electron chi connectivity index (χ0n) is 18.7. The first-order valence-corrected chi connectivity index (χ1v) is 10.1. The molecule has 9 nitrogen and oxygen atoms in total. The molecule has 1 fully saturated rings. The number of ether oxygens (including phenoxy) is 3. The van der Waals surface area contributed by atoms with Crippen LogP contribution in [0.2, 0.25) is 0 Å². The molecule has 1 aromatic rings. The molecule has 1 heterocycles. The molecule has 0 atom stereocenters. The second-order valence-electron chi connectivity index (χ2n) is 8.16. The Morgan fingerprint density at radius 3 is 2.10 bits per heavy atom. The molecule has 1 aliphatic heterocycles. The largest absolute Gasteiger partial charge is 0.466 e. The lowest BCUT2D eigenvalue weighted by Crippen LogP contribution is -2.44. The van der Waals surface area contributed by atoms with Crippen LogP contribution in [0.3, 0.4) is 0 Å². The van der Waals surface area contributed by atoms with Gasteiger partial charge in [-0.05, 0) is 57.9 Å². The van der Waals surface area contributed by atoms with E-state index >= 15 is 0 Å². The van der Waals surface area contributed by atoms with E-state index in [0.717, 1.165) is 24.6 Å². The summed E-state index contributed by atoms with van der Waals surface area (Å²) < 4.78 is 14.7. The lowest BCUT2D eigenvalue weighted by Gasteiger charge is -2.34. The van der Waals surface area contributed by atoms with E-state index in [1.807, 2.05) is 32.9 Å². The summed E-state index contributed by atoms with van der Waals surface area (Å²) >= 11 is 0. The highest BCUT2D eigenvalue weighted by atomic mass is 16.6. The smallest absolute Gasteiger partial charge is 0.410 e. The second kappa shape index (κ2) is 10.7. The molecule has 2 rings (SSSR count). The van der Waals surface area contributed by atoms with Gasteiger partial charge in [0.25, 0.3) is 0 Å². The van der Waals surface area contributed by atoms with Crippen LogP contribution in [-0.4, -0.2) is 61.9 Å². The maximum atomic E-state index is 12.2. The van der Waals surface area contributed by atoms with Crippen LogP contribution in [0.4, 0.5) is 16.2 Å². The molecule has 0 unspecified atom stereocenters. The highest BCUT2D eigenvalue weighted by Gasteiger charge is 2.26. The lowest BCUT2D eigenvalue weighted by atomic mass is 10.0. The summed E-state index contributed by atoms with van der Waals surface area (Å²) in [6.07, 6.45) is 2.39. The number of hydrogen-bond donors (Lipinski definition) is 2. The molecule has 0 radical (unpaired) electrons. The van der Waals surface area contributed by atoms with E-state index in [-0.39, 0.29) is 17.8 Å². The molecule has 0 spiro atoms. The van der Waals surface area contributed by atoms with Crippen molar-refractivity contribution in [3.8, 4) is 0 Å². The molecular formula is C22H31N3O6. The van der Waals surface area contributed by atoms with Crippen LogP contribution in [-0.2, 0) is 23.8 Å². The molecule has 1 aliphatic rings. The van der Waals surface area contributed by atoms with E-state index in [1.165, 1.54) is 14.2 Å². The number of methoxy groups -OCH3 is 2. The molecule has 2 N–H and O–H groups in total. The quantitative estimate of drug-likeness (QED) is 0.400. The van der Waals surface area contributed by atoms with Gasteiger partial charge in [-0.15, -0.1) is 0 Å². The second-order valence-corrected chi connectivity index (χ2v) is 8.16. The summed E-state index contributed by atoms with van der Waals surface area (Å²) in [6.45, 7) is 6.84. The number of likely N-dealkylation sites (tertiary alicyclic amines) is 1. The minimum absolute atomic E-state index is 0.0235. The molecule has 1 aromatic carbocycles. The van der Waals surface area contributed by atoms with Crippen molar-refractivity contribution in [1.82, 2.24) is 4.90 Å². The molecule has 1 saturated heterocycles. The van der Waals surface area contributed by atoms with E-state index in [9.17, 15) is 14.4 Å². The van der Waals surface area contributed by atoms with Gasteiger partial charge in [0.05, 0.1) is 20.3 Å². The average Bonchev–Trinajstić information content (AvgIpc) is 2.73. The van der Waals surface area contributed by atoms with Crippen LogP contribution >= 0.6 is 0 Å². The number of nitrogens with zero attached hydrogens (tertiary/aromatic N) is 1. The number of rotatable bonds is 6. The highest BCUT2D eigenvalue weighted by molar-refractivity contribution is 5.98. The zero-order valence-corrected chi connectivity index (χ0v) is 18.7. The van der Waals surface area contributed by atoms with Crippen LogP contribution in [0.15, 0.2) is 36.0 Å². The molecule has 0 bridgehead atoms. The average molecular weight is 434 g/mol. The number of anilines is 2. The van der Waals surface area contributed by atoms with E-state index in [0.29, 0.717) is 18.8 Å². The number of carbonyl (C=O) groups excluding carboxylic acids is 3. The summed E-state index contributed by atoms with van der Waals surface area (Å²) in [4.78, 5) is 37.2. The van der Waals surface area contributed by atoms with Gasteiger partial charge in [0, 0.05) is 30.5 Å². The minimum atomic E-state index is -0.677. The third-order valence-corrected chi connectivity index (χ3v) is 4.55. The summed E-state index contributed by atoms with van der Waals surface area (Å²) in [5, 5.41) is 6.32. The molecule has 0 saturated carbocycles. The maximum Gasteiger partial charge on any atom is 0.410 e. The Labute approximate surface area is 182 Å². The van der Waals surface area contributed by atoms with Crippen molar-refractivity contribution < 1.29 is 28.6 Å². The summed E-state index contributed by atoms with van der Waals surface area (Å²) in [5.41, 5.74) is 1.01. The van der Waals surface area contributed by atoms with E-state index in [2.05, 4.69) is 20.1 Å². The third kappa shape index (κ3) is 7.84. The fraction of sp³-hybridized carbons (Fsp3) is 0.500. The van der Waals surface area contributed by atoms with Gasteiger partial charge >= 0.3 is 18.0 Å². The van der Waals surface area contributed by atoms with Gasteiger partial charge in [0.2, 0.25) is 0 Å². The van der Waals surface area contributed by atoms with Crippen molar-refractivity contribution in [3.05, 3.63) is 36.0 Å². The lowest BCUT2D eigenvalue weighted by molar-refractivity contribution is -0.138. The van der Waals surface area contributed by atoms with Gasteiger partial charge in [-0.3, -0.25) is 0 Å². The number of nitrogens with one attached hydrogen (secondary N) is 2. The van der Waals surface area contributed by atoms with Gasteiger partial charge in [-0.1, -0.05) is 0 Å². The number of hydrogen-bond acceptors (Lipinski definition) is 8. The predicted octanol–water partition coefficient (Wildman–Crippen LogP) is 3.14. The van der Waals surface area contributed by atoms with Gasteiger partial charge in [0.1, 0.15) is 11.3 Å². The summed E-state index contributed by atoms with van der Waals surface area (Å²) in [5.74, 6) is -1.34. The van der Waals surface area contributed by atoms with Crippen LogP contribution in [0.1, 0.15) is 33.6 Å². The van der Waals surface area contributed by atoms with E-state index in [1.54, 1.807) is 17.0 Å². The summed E-state index contributed by atoms with van der Waals surface area (Å²) in [6, 6.07) is 7.55. The number of esters is 2. The number of piperidine rings is 1. The molecule has 0 aliphatic carbocycles. The topological polar surface area (TPSA) is 106 Å². The van der Waals surface area contributed by atoms with Crippen molar-refractivity contribution in [2.75, 3.05) is 37.9 Å². The Kier molecular flexibility index (Phi) is 8.30. The standard InChI is InChI=1S/C22H31N3O6/c1-22(2,3)31-21(28)25-12-10-17(11-13-25)23-15-6-8-16(9-7-15)24-18(20(27)30-5)14-19(26)29-4/h6-9,14,17,23-24H,10-13H2,1-5H3/b18-14+. The number of benzene rings is 1. The Hall–Kier alpha value is -3.23. The van der Waals surface area contributed by atoms with Crippen LogP contribution in [0, 0.1) is 0 Å². The third-order valence-electron chi connectivity index (χ3n) is 4.55. The Balaban J connectivity index is 1.90. The first-order valence-electron chi connectivity index (χ1n) is 10.1. The van der Waals surface area contributed by atoms with Gasteiger partial charge in [-0.2, -0.15) is 0 Å². The van der Waals surface area contributed by atoms with E-state index < -0.39 is 17.5 Å². The fourth-order valence-corrected chi connectivity index (χ4v) is 3.01. The molecule has 1 amide bonds. The number of carbonyl (C=O) groups is 3. The Bertz CT molecular complexity index is 806. The van der Waals surface area contributed by atoms with Crippen molar-refractivity contribution >= 4 is 29.4 Å². The van der Waals surface area contributed by atoms with Crippen molar-refractivity contribution in [2.24, 2.45) is 0 Å². The van der Waals surface area contributed by atoms with Crippen LogP contribution < -0.4 is 10.6 Å². The zero-order chi connectivity index (χ0) is 23.0. The van der Waals surface area contributed by atoms with E-state index in [4.69, 9.17) is 4.74 Å². The molecular weight excluding hydrogens is 402 g/mol. The van der Waals surface area contributed by atoms with Gasteiger partial charge in [-0.25, -0.2) is 14.4 Å². The van der Waals surface area contributed by atoms with Crippen LogP contribution in [0.25, 0.3) is 0 Å². The fourth-order valence-electron chi connectivity index (χ4n) is 3.01. The normalized spacial score (nSPS) is 15.1. The van der Waals surface area contributed by atoms with Gasteiger partial charge < -0.3 is 29.7 Å². The SMILES string of the molecule is COC(=O)/C=C(/Nc1ccc(NC2CCN(C(=O)OC(C)(C)C)CC2)cc1)C(=O)OC. The highest BCUT2D eigenvalue weighted by Crippen LogP contribution is 2.21. The predicted molar refractivity (Wildman–Crippen MR) is 117 cm³/mol. The van der Waals surface area contributed by atoms with Gasteiger partial charge in [0.15, 0.2) is 0 Å². The molecule has 0 aromatic heterocycles. The van der Waals surface area contributed by atoms with Crippen molar-refractivity contribution in [3.63, 3.8) is 0 Å². The Morgan fingerprint density at radius 1 is 1.00 bits per heavy atom. The first-order chi connectivity index (χ1) is 14.6. The summed E-state index contributed by atoms with van der Waals surface area (Å²) in [7, 11) is 2.46. The molecule has 9 heteroatoms. The molecule has 31 heavy (non-hydrogen) atoms. The minimum Gasteiger partial charge on any atom is -0.466 e. The number of amides is 1. The molecule has 170 valence electrons. The van der Waals surface area contributed by atoms with Crippen molar-refractivity contribution in [1.29, 1.82) is 0 Å². The maximum absolute atomic E-state index is 12.2. The Morgan fingerprint density at radius 2 is 1.58 bits per heavy atom.